The Morgan fingerprint density at radius 3 is 1.76 bits per heavy atom. The number of hydrogen-bond acceptors (Lipinski definition) is 1. The zero-order valence-corrected chi connectivity index (χ0v) is 24.4. The first-order chi connectivity index (χ1) is 22.3. The molecular formula is C44H26O. The minimum absolute atomic E-state index is 0.905. The van der Waals surface area contributed by atoms with Crippen LogP contribution in [0.2, 0.25) is 0 Å². The molecule has 0 aliphatic carbocycles. The van der Waals surface area contributed by atoms with E-state index in [2.05, 4.69) is 158 Å². The molecule has 0 fully saturated rings. The van der Waals surface area contributed by atoms with Crippen LogP contribution < -0.4 is 0 Å². The van der Waals surface area contributed by atoms with Crippen molar-refractivity contribution >= 4 is 75.8 Å². The molecule has 0 bridgehead atoms. The molecule has 1 aromatic heterocycles. The van der Waals surface area contributed by atoms with E-state index >= 15 is 0 Å². The Morgan fingerprint density at radius 1 is 0.311 bits per heavy atom. The molecule has 1 heteroatoms. The molecule has 0 atom stereocenters. The lowest BCUT2D eigenvalue weighted by molar-refractivity contribution is 0.669. The first-order valence-corrected chi connectivity index (χ1v) is 15.5. The van der Waals surface area contributed by atoms with Gasteiger partial charge in [-0.05, 0) is 106 Å². The van der Waals surface area contributed by atoms with E-state index in [1.54, 1.807) is 0 Å². The van der Waals surface area contributed by atoms with Crippen LogP contribution in [0.1, 0.15) is 0 Å². The second-order valence-electron chi connectivity index (χ2n) is 12.1. The molecule has 0 spiro atoms. The molecule has 0 unspecified atom stereocenters. The number of fused-ring (bicyclic) bond motifs is 9. The summed E-state index contributed by atoms with van der Waals surface area (Å²) in [5, 5.41) is 14.7. The first-order valence-electron chi connectivity index (χ1n) is 15.5. The predicted molar refractivity (Wildman–Crippen MR) is 192 cm³/mol. The lowest BCUT2D eigenvalue weighted by Gasteiger charge is -2.16. The summed E-state index contributed by atoms with van der Waals surface area (Å²) >= 11 is 0. The van der Waals surface area contributed by atoms with Crippen LogP contribution in [-0.2, 0) is 0 Å². The van der Waals surface area contributed by atoms with Gasteiger partial charge in [-0.2, -0.15) is 0 Å². The lowest BCUT2D eigenvalue weighted by Crippen LogP contribution is -1.90. The van der Waals surface area contributed by atoms with Crippen molar-refractivity contribution in [1.82, 2.24) is 0 Å². The quantitative estimate of drug-likeness (QED) is 0.149. The van der Waals surface area contributed by atoms with Gasteiger partial charge in [-0.1, -0.05) is 127 Å². The van der Waals surface area contributed by atoms with Gasteiger partial charge in [0.05, 0.1) is 0 Å². The van der Waals surface area contributed by atoms with Crippen LogP contribution in [0, 0.1) is 0 Å². The summed E-state index contributed by atoms with van der Waals surface area (Å²) in [5.74, 6) is 0. The van der Waals surface area contributed by atoms with Crippen molar-refractivity contribution in [3.8, 4) is 22.3 Å². The molecule has 1 nitrogen and oxygen atoms in total. The fourth-order valence-corrected chi connectivity index (χ4v) is 7.53. The maximum Gasteiger partial charge on any atom is 0.136 e. The van der Waals surface area contributed by atoms with Crippen molar-refractivity contribution in [2.45, 2.75) is 0 Å². The monoisotopic (exact) mass is 570 g/mol. The van der Waals surface area contributed by atoms with E-state index in [1.165, 1.54) is 70.6 Å². The summed E-state index contributed by atoms with van der Waals surface area (Å²) < 4.78 is 6.79. The van der Waals surface area contributed by atoms with Gasteiger partial charge in [0.25, 0.3) is 0 Å². The highest BCUT2D eigenvalue weighted by Crippen LogP contribution is 2.47. The molecule has 0 aliphatic heterocycles. The second-order valence-corrected chi connectivity index (χ2v) is 12.1. The molecule has 1 heterocycles. The highest BCUT2D eigenvalue weighted by atomic mass is 16.3. The van der Waals surface area contributed by atoms with Crippen molar-refractivity contribution in [2.24, 2.45) is 0 Å². The molecule has 45 heavy (non-hydrogen) atoms. The lowest BCUT2D eigenvalue weighted by atomic mass is 9.86. The van der Waals surface area contributed by atoms with Crippen molar-refractivity contribution < 1.29 is 4.42 Å². The maximum absolute atomic E-state index is 6.79. The van der Waals surface area contributed by atoms with Gasteiger partial charge in [0.2, 0.25) is 0 Å². The van der Waals surface area contributed by atoms with Gasteiger partial charge in [0.15, 0.2) is 0 Å². The minimum Gasteiger partial charge on any atom is -0.456 e. The van der Waals surface area contributed by atoms with E-state index in [0.29, 0.717) is 0 Å². The maximum atomic E-state index is 6.79. The van der Waals surface area contributed by atoms with E-state index < -0.39 is 0 Å². The van der Waals surface area contributed by atoms with Gasteiger partial charge in [-0.25, -0.2) is 0 Å². The normalized spacial score (nSPS) is 12.0. The highest BCUT2D eigenvalue weighted by molar-refractivity contribution is 6.26. The summed E-state index contributed by atoms with van der Waals surface area (Å²) in [7, 11) is 0. The highest BCUT2D eigenvalue weighted by Gasteiger charge is 2.20. The van der Waals surface area contributed by atoms with Crippen LogP contribution in [0.3, 0.4) is 0 Å². The number of hydrogen-bond donors (Lipinski definition) is 0. The van der Waals surface area contributed by atoms with Crippen molar-refractivity contribution in [2.75, 3.05) is 0 Å². The van der Waals surface area contributed by atoms with E-state index in [1.807, 2.05) is 0 Å². The Kier molecular flexibility index (Phi) is 5.06. The van der Waals surface area contributed by atoms with Gasteiger partial charge in [0.1, 0.15) is 11.2 Å². The molecule has 0 saturated heterocycles. The third-order valence-electron chi connectivity index (χ3n) is 9.58. The molecule has 0 aliphatic rings. The first kappa shape index (κ1) is 24.5. The topological polar surface area (TPSA) is 13.1 Å². The third kappa shape index (κ3) is 3.62. The van der Waals surface area contributed by atoms with E-state index in [-0.39, 0.29) is 0 Å². The standard InChI is InChI=1S/C44H26O/c1-2-13-30-25-41-39(22-29(30)12-1)44-40(24-32(26-42(44)45-41)35-19-9-15-27-10-3-6-16-33(27)35)43-36-18-8-5-14-31(36)23-38-34-17-7-4-11-28(34)20-21-37(38)43/h1-26H. The molecule has 10 aromatic rings. The largest absolute Gasteiger partial charge is 0.456 e. The van der Waals surface area contributed by atoms with Crippen molar-refractivity contribution in [3.63, 3.8) is 0 Å². The molecule has 0 N–H and O–H groups in total. The molecular weight excluding hydrogens is 544 g/mol. The van der Waals surface area contributed by atoms with Crippen LogP contribution in [0.5, 0.6) is 0 Å². The van der Waals surface area contributed by atoms with E-state index in [0.717, 1.165) is 27.5 Å². The smallest absolute Gasteiger partial charge is 0.136 e. The van der Waals surface area contributed by atoms with E-state index in [9.17, 15) is 0 Å². The summed E-state index contributed by atoms with van der Waals surface area (Å²) in [6.07, 6.45) is 0. The average molecular weight is 571 g/mol. The molecule has 10 rings (SSSR count). The Labute approximate surface area is 259 Å². The Bertz CT molecular complexity index is 2810. The summed E-state index contributed by atoms with van der Waals surface area (Å²) in [6, 6.07) is 57.4. The van der Waals surface area contributed by atoms with Gasteiger partial charge < -0.3 is 4.42 Å². The summed E-state index contributed by atoms with van der Waals surface area (Å²) in [6.45, 7) is 0. The minimum atomic E-state index is 0.905. The molecule has 0 saturated carbocycles. The molecule has 0 radical (unpaired) electrons. The Balaban J connectivity index is 1.43. The number of rotatable bonds is 2. The average Bonchev–Trinajstić information content (AvgIpc) is 3.46. The fraction of sp³-hybridized carbons (Fsp3) is 0. The van der Waals surface area contributed by atoms with Crippen LogP contribution in [0.25, 0.3) is 98.1 Å². The zero-order chi connectivity index (χ0) is 29.5. The number of benzene rings is 9. The fourth-order valence-electron chi connectivity index (χ4n) is 7.53. The molecule has 0 amide bonds. The van der Waals surface area contributed by atoms with Gasteiger partial charge in [-0.3, -0.25) is 0 Å². The van der Waals surface area contributed by atoms with Crippen LogP contribution in [-0.4, -0.2) is 0 Å². The van der Waals surface area contributed by atoms with Gasteiger partial charge in [0, 0.05) is 10.8 Å². The van der Waals surface area contributed by atoms with Crippen molar-refractivity contribution in [3.05, 3.63) is 158 Å². The predicted octanol–water partition coefficient (Wildman–Crippen LogP) is 12.7. The summed E-state index contributed by atoms with van der Waals surface area (Å²) in [4.78, 5) is 0. The molecule has 208 valence electrons. The Hall–Kier alpha value is -5.92. The second kappa shape index (κ2) is 9.29. The zero-order valence-electron chi connectivity index (χ0n) is 24.4. The van der Waals surface area contributed by atoms with Gasteiger partial charge >= 0.3 is 0 Å². The van der Waals surface area contributed by atoms with E-state index in [4.69, 9.17) is 4.42 Å². The number of furan rings is 1. The van der Waals surface area contributed by atoms with Crippen LogP contribution in [0.4, 0.5) is 0 Å². The Morgan fingerprint density at radius 2 is 0.933 bits per heavy atom. The van der Waals surface area contributed by atoms with Gasteiger partial charge in [-0.15, -0.1) is 0 Å². The van der Waals surface area contributed by atoms with Crippen molar-refractivity contribution in [1.29, 1.82) is 0 Å². The van der Waals surface area contributed by atoms with Crippen LogP contribution in [0.15, 0.2) is 162 Å². The molecule has 9 aromatic carbocycles. The third-order valence-corrected chi connectivity index (χ3v) is 9.58. The summed E-state index contributed by atoms with van der Waals surface area (Å²) in [5.41, 5.74) is 6.62. The van der Waals surface area contributed by atoms with Crippen LogP contribution >= 0.6 is 0 Å². The SMILES string of the molecule is c1ccc2cc3c(cc2c1)oc1cc(-c2cccc4ccccc24)cc(-c2c4ccccc4cc4c2ccc2ccccc24)c13.